The van der Waals surface area contributed by atoms with Gasteiger partial charge in [-0.25, -0.2) is 9.78 Å². The number of hydrogen-bond donors (Lipinski definition) is 1. The number of rotatable bonds is 6. The largest absolute Gasteiger partial charge is 0.395 e. The van der Waals surface area contributed by atoms with Gasteiger partial charge in [-0.05, 0) is 54.5 Å². The lowest BCUT2D eigenvalue weighted by Crippen LogP contribution is -2.29. The van der Waals surface area contributed by atoms with Gasteiger partial charge in [0.2, 0.25) is 0 Å². The van der Waals surface area contributed by atoms with Crippen LogP contribution in [0.15, 0.2) is 35.1 Å². The fourth-order valence-corrected chi connectivity index (χ4v) is 4.25. The molecule has 1 aromatic carbocycles. The zero-order valence-corrected chi connectivity index (χ0v) is 19.4. The van der Waals surface area contributed by atoms with E-state index < -0.39 is 0 Å². The predicted molar refractivity (Wildman–Crippen MR) is 124 cm³/mol. The van der Waals surface area contributed by atoms with Gasteiger partial charge in [0.05, 0.1) is 17.8 Å². The molecule has 0 spiro atoms. The number of nitrogens with zero attached hydrogens (tertiary/aromatic N) is 3. The van der Waals surface area contributed by atoms with E-state index in [2.05, 4.69) is 59.7 Å². The second kappa shape index (κ2) is 8.03. The molecule has 5 nitrogen and oxygen atoms in total. The van der Waals surface area contributed by atoms with Gasteiger partial charge < -0.3 is 5.11 Å². The summed E-state index contributed by atoms with van der Waals surface area (Å²) in [5, 5.41) is 10.1. The van der Waals surface area contributed by atoms with Crippen molar-refractivity contribution in [3.8, 4) is 11.3 Å². The average molecular weight is 410 g/mol. The molecule has 0 bridgehead atoms. The number of benzene rings is 1. The van der Waals surface area contributed by atoms with E-state index in [9.17, 15) is 9.90 Å². The monoisotopic (exact) mass is 409 g/mol. The van der Waals surface area contributed by atoms with Crippen LogP contribution in [0.3, 0.4) is 0 Å². The van der Waals surface area contributed by atoms with Crippen molar-refractivity contribution in [2.75, 3.05) is 6.61 Å². The van der Waals surface area contributed by atoms with Crippen LogP contribution < -0.4 is 5.69 Å². The smallest absolute Gasteiger partial charge is 0.330 e. The van der Waals surface area contributed by atoms with E-state index in [0.29, 0.717) is 12.2 Å². The number of aromatic nitrogens is 3. The summed E-state index contributed by atoms with van der Waals surface area (Å²) in [5.41, 5.74) is 5.44. The minimum absolute atomic E-state index is 0.00433. The van der Waals surface area contributed by atoms with Crippen molar-refractivity contribution in [2.24, 2.45) is 12.5 Å². The van der Waals surface area contributed by atoms with Gasteiger partial charge in [0.15, 0.2) is 5.65 Å². The third kappa shape index (κ3) is 3.83. The highest BCUT2D eigenvalue weighted by Crippen LogP contribution is 2.35. The van der Waals surface area contributed by atoms with Crippen LogP contribution >= 0.6 is 0 Å². The Kier molecular flexibility index (Phi) is 5.96. The summed E-state index contributed by atoms with van der Waals surface area (Å²) in [6.45, 7) is 13.5. The molecule has 2 heterocycles. The Bertz CT molecular complexity index is 1100. The fourth-order valence-electron chi connectivity index (χ4n) is 4.25. The van der Waals surface area contributed by atoms with Crippen molar-refractivity contribution in [2.45, 2.75) is 66.3 Å². The van der Waals surface area contributed by atoms with Gasteiger partial charge in [0, 0.05) is 24.6 Å². The van der Waals surface area contributed by atoms with Crippen LogP contribution in [0.5, 0.6) is 0 Å². The second-order valence-electron chi connectivity index (χ2n) is 9.70. The summed E-state index contributed by atoms with van der Waals surface area (Å²) in [6.07, 6.45) is 1.75. The zero-order chi connectivity index (χ0) is 22.3. The summed E-state index contributed by atoms with van der Waals surface area (Å²) in [6, 6.07) is 10.4. The Morgan fingerprint density at radius 3 is 2.30 bits per heavy atom. The molecule has 3 aromatic rings. The molecule has 162 valence electrons. The average Bonchev–Trinajstić information content (AvgIpc) is 2.94. The quantitative estimate of drug-likeness (QED) is 0.636. The first-order chi connectivity index (χ1) is 14.1. The third-order valence-electron chi connectivity index (χ3n) is 6.40. The number of aliphatic hydroxyl groups is 1. The van der Waals surface area contributed by atoms with E-state index in [1.165, 1.54) is 0 Å². The van der Waals surface area contributed by atoms with E-state index >= 15 is 0 Å². The molecule has 0 atom stereocenters. The molecule has 2 aromatic heterocycles. The molecule has 1 N–H and O–H groups in total. The minimum Gasteiger partial charge on any atom is -0.395 e. The molecule has 0 amide bonds. The third-order valence-corrected chi connectivity index (χ3v) is 6.40. The molecule has 0 aliphatic carbocycles. The normalized spacial score (nSPS) is 12.7. The Morgan fingerprint density at radius 1 is 1.07 bits per heavy atom. The van der Waals surface area contributed by atoms with Crippen LogP contribution in [0.4, 0.5) is 0 Å². The zero-order valence-electron chi connectivity index (χ0n) is 19.4. The van der Waals surface area contributed by atoms with Gasteiger partial charge in [-0.3, -0.25) is 9.13 Å². The van der Waals surface area contributed by atoms with Crippen LogP contribution in [-0.2, 0) is 19.0 Å². The fraction of sp³-hybridized carbons (Fsp3) is 0.520. The summed E-state index contributed by atoms with van der Waals surface area (Å²) in [4.78, 5) is 17.7. The van der Waals surface area contributed by atoms with Gasteiger partial charge >= 0.3 is 5.69 Å². The number of hydrogen-bond acceptors (Lipinski definition) is 3. The van der Waals surface area contributed by atoms with Gasteiger partial charge in [-0.1, -0.05) is 46.8 Å². The first-order valence-corrected chi connectivity index (χ1v) is 10.9. The van der Waals surface area contributed by atoms with Crippen LogP contribution in [0, 0.1) is 12.3 Å². The topological polar surface area (TPSA) is 60.1 Å². The van der Waals surface area contributed by atoms with Crippen LogP contribution in [-0.4, -0.2) is 25.8 Å². The Morgan fingerprint density at radius 2 is 1.73 bits per heavy atom. The van der Waals surface area contributed by atoms with Gasteiger partial charge in [0.25, 0.3) is 0 Å². The number of imidazole rings is 1. The molecule has 0 radical (unpaired) electrons. The van der Waals surface area contributed by atoms with E-state index in [1.54, 1.807) is 11.6 Å². The predicted octanol–water partition coefficient (Wildman–Crippen LogP) is 4.81. The first kappa shape index (κ1) is 22.3. The van der Waals surface area contributed by atoms with Crippen molar-refractivity contribution < 1.29 is 5.11 Å². The molecular formula is C25H35N3O2. The van der Waals surface area contributed by atoms with Crippen LogP contribution in [0.2, 0.25) is 0 Å². The number of fused-ring (bicyclic) bond motifs is 1. The van der Waals surface area contributed by atoms with Crippen molar-refractivity contribution in [3.05, 3.63) is 51.9 Å². The molecule has 3 rings (SSSR count). The maximum absolute atomic E-state index is 12.8. The van der Waals surface area contributed by atoms with Crippen molar-refractivity contribution in [3.63, 3.8) is 0 Å². The lowest BCUT2D eigenvalue weighted by molar-refractivity contribution is 0.183. The number of aliphatic hydroxyl groups excluding tert-OH is 1. The van der Waals surface area contributed by atoms with Gasteiger partial charge in [-0.15, -0.1) is 0 Å². The Balaban J connectivity index is 2.18. The molecule has 5 heteroatoms. The number of aryl methyl sites for hydroxylation is 2. The van der Waals surface area contributed by atoms with Gasteiger partial charge in [-0.2, -0.15) is 0 Å². The Labute approximate surface area is 179 Å². The van der Waals surface area contributed by atoms with E-state index in [0.717, 1.165) is 40.7 Å². The summed E-state index contributed by atoms with van der Waals surface area (Å²) in [5.74, 6) is 0. The minimum atomic E-state index is -0.241. The molecule has 0 aliphatic rings. The molecule has 0 saturated heterocycles. The molecule has 0 unspecified atom stereocenters. The highest BCUT2D eigenvalue weighted by atomic mass is 16.3. The van der Waals surface area contributed by atoms with Crippen molar-refractivity contribution in [1.29, 1.82) is 0 Å². The molecule has 0 aliphatic heterocycles. The maximum atomic E-state index is 12.8. The first-order valence-electron chi connectivity index (χ1n) is 10.9. The molecule has 30 heavy (non-hydrogen) atoms. The molecular weight excluding hydrogens is 374 g/mol. The van der Waals surface area contributed by atoms with Crippen molar-refractivity contribution >= 4 is 11.2 Å². The van der Waals surface area contributed by atoms with Crippen LogP contribution in [0.1, 0.15) is 58.6 Å². The standard InChI is InChI=1S/C25H35N3O2/c1-8-25(9-2,16-29)18-11-10-17(3)19(14-18)20-12-13-21-22(26-20)27(7)23(30)28(21)15-24(4,5)6/h10-14,29H,8-9,15-16H2,1-7H3. The lowest BCUT2D eigenvalue weighted by Gasteiger charge is -2.30. The van der Waals surface area contributed by atoms with Gasteiger partial charge in [0.1, 0.15) is 0 Å². The highest BCUT2D eigenvalue weighted by molar-refractivity contribution is 5.77. The van der Waals surface area contributed by atoms with Crippen molar-refractivity contribution in [1.82, 2.24) is 14.1 Å². The van der Waals surface area contributed by atoms with E-state index in [-0.39, 0.29) is 23.1 Å². The lowest BCUT2D eigenvalue weighted by atomic mass is 9.75. The summed E-state index contributed by atoms with van der Waals surface area (Å²) in [7, 11) is 1.79. The van der Waals surface area contributed by atoms with E-state index in [1.807, 2.05) is 16.7 Å². The second-order valence-corrected chi connectivity index (χ2v) is 9.70. The highest BCUT2D eigenvalue weighted by Gasteiger charge is 2.28. The SMILES string of the molecule is CCC(CC)(CO)c1ccc(C)c(-c2ccc3c(n2)n(C)c(=O)n3CC(C)(C)C)c1. The van der Waals surface area contributed by atoms with Crippen LogP contribution in [0.25, 0.3) is 22.4 Å². The summed E-state index contributed by atoms with van der Waals surface area (Å²) >= 11 is 0. The Hall–Kier alpha value is -2.40. The summed E-state index contributed by atoms with van der Waals surface area (Å²) < 4.78 is 3.46. The number of pyridine rings is 1. The molecule has 0 fully saturated rings. The maximum Gasteiger partial charge on any atom is 0.330 e. The van der Waals surface area contributed by atoms with E-state index in [4.69, 9.17) is 4.98 Å². The molecule has 0 saturated carbocycles.